The van der Waals surface area contributed by atoms with Crippen LogP contribution in [0.1, 0.15) is 41.4 Å². The molecule has 2 N–H and O–H groups in total. The van der Waals surface area contributed by atoms with Gasteiger partial charge in [-0.05, 0) is 24.0 Å². The molecule has 0 aliphatic carbocycles. The van der Waals surface area contributed by atoms with Crippen molar-refractivity contribution in [1.82, 2.24) is 30.0 Å². The number of carbonyl (C=O) groups is 2. The SMILES string of the molecule is CC(=O)N1CCC(Nc2cc(C(=O)NC[C@@H](CN3Cc4ccccc4C3)N3CCOCC3)ncn2)CC1. The maximum Gasteiger partial charge on any atom is 0.270 e. The van der Waals surface area contributed by atoms with Crippen molar-refractivity contribution in [2.24, 2.45) is 0 Å². The van der Waals surface area contributed by atoms with Gasteiger partial charge in [-0.3, -0.25) is 19.4 Å². The van der Waals surface area contributed by atoms with Crippen LogP contribution in [-0.2, 0) is 22.6 Å². The number of anilines is 1. The van der Waals surface area contributed by atoms with E-state index in [0.29, 0.717) is 18.1 Å². The second-order valence-electron chi connectivity index (χ2n) is 10.2. The molecule has 0 bridgehead atoms. The van der Waals surface area contributed by atoms with Crippen molar-refractivity contribution in [2.75, 3.05) is 57.8 Å². The standard InChI is InChI=1S/C27H37N7O3/c1-20(35)33-8-6-23(7-9-33)31-26-14-25(29-19-30-26)27(36)28-15-24(34-10-12-37-13-11-34)18-32-16-21-4-2-3-5-22(21)17-32/h2-5,14,19,23-24H,6-13,15-18H2,1H3,(H,28,36)(H,29,30,31)/t24-/m0/s1. The minimum atomic E-state index is -0.195. The van der Waals surface area contributed by atoms with Crippen molar-refractivity contribution in [2.45, 2.75) is 44.9 Å². The highest BCUT2D eigenvalue weighted by Gasteiger charge is 2.27. The summed E-state index contributed by atoms with van der Waals surface area (Å²) in [6, 6.07) is 10.7. The minimum absolute atomic E-state index is 0.115. The topological polar surface area (TPSA) is 103 Å². The van der Waals surface area contributed by atoms with E-state index in [1.54, 1.807) is 13.0 Å². The van der Waals surface area contributed by atoms with Crippen LogP contribution in [-0.4, -0.2) is 101 Å². The molecule has 3 aliphatic rings. The number of hydrogen-bond acceptors (Lipinski definition) is 8. The lowest BCUT2D eigenvalue weighted by atomic mass is 10.1. The minimum Gasteiger partial charge on any atom is -0.379 e. The maximum atomic E-state index is 13.1. The molecular weight excluding hydrogens is 470 g/mol. The molecule has 5 rings (SSSR count). The third-order valence-corrected chi connectivity index (χ3v) is 7.63. The number of aromatic nitrogens is 2. The van der Waals surface area contributed by atoms with Gasteiger partial charge in [0.15, 0.2) is 0 Å². The van der Waals surface area contributed by atoms with E-state index in [-0.39, 0.29) is 23.9 Å². The fourth-order valence-corrected chi connectivity index (χ4v) is 5.49. The van der Waals surface area contributed by atoms with Crippen LogP contribution in [0.4, 0.5) is 5.82 Å². The van der Waals surface area contributed by atoms with Gasteiger partial charge in [0.2, 0.25) is 5.91 Å². The summed E-state index contributed by atoms with van der Waals surface area (Å²) >= 11 is 0. The smallest absolute Gasteiger partial charge is 0.270 e. The van der Waals surface area contributed by atoms with Gasteiger partial charge in [-0.15, -0.1) is 0 Å². The molecule has 0 unspecified atom stereocenters. The van der Waals surface area contributed by atoms with E-state index in [2.05, 4.69) is 54.7 Å². The van der Waals surface area contributed by atoms with Gasteiger partial charge in [0.05, 0.1) is 13.2 Å². The highest BCUT2D eigenvalue weighted by Crippen LogP contribution is 2.23. The molecule has 10 nitrogen and oxygen atoms in total. The summed E-state index contributed by atoms with van der Waals surface area (Å²) in [5, 5.41) is 6.54. The number of ether oxygens (including phenoxy) is 1. The van der Waals surface area contributed by atoms with E-state index in [1.807, 2.05) is 4.90 Å². The Morgan fingerprint density at radius 1 is 1.05 bits per heavy atom. The van der Waals surface area contributed by atoms with Crippen LogP contribution >= 0.6 is 0 Å². The number of piperidine rings is 1. The van der Waals surface area contributed by atoms with Crippen LogP contribution in [0.25, 0.3) is 0 Å². The summed E-state index contributed by atoms with van der Waals surface area (Å²) in [5.74, 6) is 0.560. The summed E-state index contributed by atoms with van der Waals surface area (Å²) in [6.45, 7) is 9.55. The number of likely N-dealkylation sites (tertiary alicyclic amines) is 1. The number of nitrogens with zero attached hydrogens (tertiary/aromatic N) is 5. The quantitative estimate of drug-likeness (QED) is 0.552. The first kappa shape index (κ1) is 25.6. The van der Waals surface area contributed by atoms with Crippen molar-refractivity contribution >= 4 is 17.6 Å². The number of morpholine rings is 1. The molecule has 2 aromatic rings. The predicted molar refractivity (Wildman–Crippen MR) is 140 cm³/mol. The predicted octanol–water partition coefficient (Wildman–Crippen LogP) is 1.35. The first-order chi connectivity index (χ1) is 18.0. The lowest BCUT2D eigenvalue weighted by Crippen LogP contribution is -2.53. The molecule has 198 valence electrons. The molecule has 0 radical (unpaired) electrons. The third kappa shape index (κ3) is 6.63. The number of amides is 2. The van der Waals surface area contributed by atoms with Crippen molar-refractivity contribution in [3.63, 3.8) is 0 Å². The number of hydrogen-bond donors (Lipinski definition) is 2. The summed E-state index contributed by atoms with van der Waals surface area (Å²) in [5.41, 5.74) is 3.13. The molecule has 3 aliphatic heterocycles. The molecule has 4 heterocycles. The number of fused-ring (bicyclic) bond motifs is 1. The van der Waals surface area contributed by atoms with Crippen molar-refractivity contribution in [3.05, 3.63) is 53.5 Å². The van der Waals surface area contributed by atoms with Crippen molar-refractivity contribution in [1.29, 1.82) is 0 Å². The van der Waals surface area contributed by atoms with Crippen LogP contribution in [0.2, 0.25) is 0 Å². The van der Waals surface area contributed by atoms with E-state index in [4.69, 9.17) is 4.74 Å². The Bertz CT molecular complexity index is 1060. The van der Waals surface area contributed by atoms with Crippen LogP contribution in [0.5, 0.6) is 0 Å². The fraction of sp³-hybridized carbons (Fsp3) is 0.556. The molecule has 1 atom stereocenters. The molecule has 10 heteroatoms. The van der Waals surface area contributed by atoms with Gasteiger partial charge < -0.3 is 20.3 Å². The molecule has 1 aromatic heterocycles. The zero-order chi connectivity index (χ0) is 25.6. The van der Waals surface area contributed by atoms with Crippen LogP contribution in [0.3, 0.4) is 0 Å². The van der Waals surface area contributed by atoms with Crippen LogP contribution in [0.15, 0.2) is 36.7 Å². The zero-order valence-electron chi connectivity index (χ0n) is 21.6. The van der Waals surface area contributed by atoms with Crippen molar-refractivity contribution in [3.8, 4) is 0 Å². The average Bonchev–Trinajstić information content (AvgIpc) is 3.34. The van der Waals surface area contributed by atoms with E-state index >= 15 is 0 Å². The van der Waals surface area contributed by atoms with Gasteiger partial charge in [-0.25, -0.2) is 9.97 Å². The average molecular weight is 508 g/mol. The Balaban J connectivity index is 1.17. The zero-order valence-corrected chi connectivity index (χ0v) is 21.6. The third-order valence-electron chi connectivity index (χ3n) is 7.63. The monoisotopic (exact) mass is 507 g/mol. The summed E-state index contributed by atoms with van der Waals surface area (Å²) < 4.78 is 5.57. The molecule has 0 spiro atoms. The van der Waals surface area contributed by atoms with Crippen LogP contribution < -0.4 is 10.6 Å². The largest absolute Gasteiger partial charge is 0.379 e. The highest BCUT2D eigenvalue weighted by atomic mass is 16.5. The summed E-state index contributed by atoms with van der Waals surface area (Å²) in [4.78, 5) is 39.9. The Hall–Kier alpha value is -3.08. The van der Waals surface area contributed by atoms with Gasteiger partial charge in [0, 0.05) is 77.4 Å². The second-order valence-corrected chi connectivity index (χ2v) is 10.2. The van der Waals surface area contributed by atoms with Gasteiger partial charge in [0.1, 0.15) is 17.8 Å². The van der Waals surface area contributed by atoms with E-state index in [9.17, 15) is 9.59 Å². The molecule has 37 heavy (non-hydrogen) atoms. The molecular formula is C27H37N7O3. The Morgan fingerprint density at radius 3 is 2.43 bits per heavy atom. The van der Waals surface area contributed by atoms with E-state index < -0.39 is 0 Å². The number of benzene rings is 1. The molecule has 2 saturated heterocycles. The molecule has 0 saturated carbocycles. The number of rotatable bonds is 8. The van der Waals surface area contributed by atoms with Crippen molar-refractivity contribution < 1.29 is 14.3 Å². The first-order valence-corrected chi connectivity index (χ1v) is 13.3. The maximum absolute atomic E-state index is 13.1. The van der Waals surface area contributed by atoms with Gasteiger partial charge in [-0.1, -0.05) is 24.3 Å². The summed E-state index contributed by atoms with van der Waals surface area (Å²) in [6.07, 6.45) is 3.14. The number of carbonyl (C=O) groups excluding carboxylic acids is 2. The molecule has 2 fully saturated rings. The number of nitrogens with one attached hydrogen (secondary N) is 2. The lowest BCUT2D eigenvalue weighted by Gasteiger charge is -2.36. The normalized spacial score (nSPS) is 19.9. The Labute approximate surface area is 218 Å². The van der Waals surface area contributed by atoms with Crippen LogP contribution in [0, 0.1) is 0 Å². The van der Waals surface area contributed by atoms with E-state index in [1.165, 1.54) is 17.5 Å². The summed E-state index contributed by atoms with van der Waals surface area (Å²) in [7, 11) is 0. The fourth-order valence-electron chi connectivity index (χ4n) is 5.49. The van der Waals surface area contributed by atoms with Gasteiger partial charge in [-0.2, -0.15) is 0 Å². The van der Waals surface area contributed by atoms with Gasteiger partial charge in [0.25, 0.3) is 5.91 Å². The Kier molecular flexibility index (Phi) is 8.28. The second kappa shape index (κ2) is 12.0. The highest BCUT2D eigenvalue weighted by molar-refractivity contribution is 5.92. The molecule has 1 aromatic carbocycles. The first-order valence-electron chi connectivity index (χ1n) is 13.3. The van der Waals surface area contributed by atoms with Gasteiger partial charge >= 0.3 is 0 Å². The molecule has 2 amide bonds. The van der Waals surface area contributed by atoms with E-state index in [0.717, 1.165) is 71.9 Å². The Morgan fingerprint density at radius 2 is 1.76 bits per heavy atom. The lowest BCUT2D eigenvalue weighted by molar-refractivity contribution is -0.129.